The first-order valence-corrected chi connectivity index (χ1v) is 16.3. The van der Waals surface area contributed by atoms with Crippen LogP contribution in [0.4, 0.5) is 0 Å². The Morgan fingerprint density at radius 2 is 1.02 bits per heavy atom. The van der Waals surface area contributed by atoms with Gasteiger partial charge in [-0.15, -0.1) is 0 Å². The highest BCUT2D eigenvalue weighted by Gasteiger charge is 2.11. The number of aliphatic hydroxyl groups excluding tert-OH is 2. The van der Waals surface area contributed by atoms with Crippen LogP contribution in [0.3, 0.4) is 0 Å². The number of allylic oxidation sites excluding steroid dienone is 7. The molecule has 0 spiro atoms. The van der Waals surface area contributed by atoms with Crippen molar-refractivity contribution in [2.45, 2.75) is 148 Å². The van der Waals surface area contributed by atoms with E-state index < -0.39 is 6.10 Å². The van der Waals surface area contributed by atoms with E-state index in [0.29, 0.717) is 19.3 Å². The number of hydrogen-bond donors (Lipinski definition) is 2. The van der Waals surface area contributed by atoms with Crippen LogP contribution in [0.2, 0.25) is 0 Å². The Kier molecular flexibility index (Phi) is 29.1. The van der Waals surface area contributed by atoms with Gasteiger partial charge in [-0.25, -0.2) is 0 Å². The maximum atomic E-state index is 11.9. The summed E-state index contributed by atoms with van der Waals surface area (Å²) in [6, 6.07) is 0. The van der Waals surface area contributed by atoms with E-state index in [4.69, 9.17) is 9.47 Å². The van der Waals surface area contributed by atoms with Gasteiger partial charge in [0.05, 0.1) is 6.10 Å². The summed E-state index contributed by atoms with van der Waals surface area (Å²) in [5.41, 5.74) is 0. The number of unbranched alkanes of at least 4 members (excludes halogenated alkanes) is 9. The second-order valence-electron chi connectivity index (χ2n) is 10.8. The molecule has 2 N–H and O–H groups in total. The molecule has 0 aliphatic carbocycles. The van der Waals surface area contributed by atoms with Gasteiger partial charge < -0.3 is 19.7 Å². The van der Waals surface area contributed by atoms with Crippen LogP contribution in [0, 0.1) is 0 Å². The second-order valence-corrected chi connectivity index (χ2v) is 10.8. The number of aliphatic hydroxyl groups is 2. The fourth-order valence-corrected chi connectivity index (χ4v) is 4.15. The van der Waals surface area contributed by atoms with Gasteiger partial charge in [0.2, 0.25) is 0 Å². The fraction of sp³-hybridized carbons (Fsp3) is 0.714. The number of ether oxygens (including phenoxy) is 2. The summed E-state index contributed by atoms with van der Waals surface area (Å²) in [7, 11) is 0. The average Bonchev–Trinajstić information content (AvgIpc) is 2.96. The Labute approximate surface area is 251 Å². The highest BCUT2D eigenvalue weighted by atomic mass is 16.6. The SMILES string of the molecule is CCCCCCCCCCCC(=O)OC[C@H](O)COC(=O)CCC/C=C\C/C=C\C/C=C\C/C=C\CC(O)CCC. The van der Waals surface area contributed by atoms with E-state index in [2.05, 4.69) is 56.4 Å². The number of esters is 2. The van der Waals surface area contributed by atoms with Crippen LogP contribution < -0.4 is 0 Å². The summed E-state index contributed by atoms with van der Waals surface area (Å²) in [4.78, 5) is 23.7. The molecule has 2 atom stereocenters. The van der Waals surface area contributed by atoms with E-state index in [0.717, 1.165) is 64.2 Å². The lowest BCUT2D eigenvalue weighted by Crippen LogP contribution is -2.25. The molecule has 0 aromatic rings. The smallest absolute Gasteiger partial charge is 0.305 e. The molecular weight excluding hydrogens is 516 g/mol. The van der Waals surface area contributed by atoms with E-state index >= 15 is 0 Å². The zero-order valence-electron chi connectivity index (χ0n) is 26.2. The molecule has 0 heterocycles. The third-order valence-electron chi connectivity index (χ3n) is 6.62. The van der Waals surface area contributed by atoms with Gasteiger partial charge in [-0.05, 0) is 51.4 Å². The van der Waals surface area contributed by atoms with Crippen molar-refractivity contribution in [2.75, 3.05) is 13.2 Å². The fourth-order valence-electron chi connectivity index (χ4n) is 4.15. The van der Waals surface area contributed by atoms with Crippen molar-refractivity contribution in [1.29, 1.82) is 0 Å². The lowest BCUT2D eigenvalue weighted by Gasteiger charge is -2.12. The summed E-state index contributed by atoms with van der Waals surface area (Å²) in [5, 5.41) is 19.6. The minimum atomic E-state index is -0.992. The van der Waals surface area contributed by atoms with E-state index in [9.17, 15) is 19.8 Å². The first-order valence-electron chi connectivity index (χ1n) is 16.3. The van der Waals surface area contributed by atoms with Crippen molar-refractivity contribution >= 4 is 11.9 Å². The van der Waals surface area contributed by atoms with Crippen molar-refractivity contribution in [3.8, 4) is 0 Å². The molecule has 0 aromatic heterocycles. The highest BCUT2D eigenvalue weighted by Crippen LogP contribution is 2.11. The van der Waals surface area contributed by atoms with E-state index in [1.54, 1.807) is 0 Å². The average molecular weight is 577 g/mol. The van der Waals surface area contributed by atoms with Gasteiger partial charge in [0, 0.05) is 12.8 Å². The summed E-state index contributed by atoms with van der Waals surface area (Å²) in [6.07, 6.45) is 33.7. The van der Waals surface area contributed by atoms with Crippen LogP contribution in [-0.4, -0.2) is 47.6 Å². The van der Waals surface area contributed by atoms with Gasteiger partial charge >= 0.3 is 11.9 Å². The normalized spacial score (nSPS) is 13.6. The Balaban J connectivity index is 3.62. The Morgan fingerprint density at radius 3 is 1.56 bits per heavy atom. The van der Waals surface area contributed by atoms with Gasteiger partial charge in [0.15, 0.2) is 0 Å². The Hall–Kier alpha value is -2.18. The van der Waals surface area contributed by atoms with Crippen molar-refractivity contribution in [1.82, 2.24) is 0 Å². The van der Waals surface area contributed by atoms with Gasteiger partial charge in [0.1, 0.15) is 19.3 Å². The third kappa shape index (κ3) is 30.6. The van der Waals surface area contributed by atoms with Crippen molar-refractivity contribution in [3.63, 3.8) is 0 Å². The number of rotatable bonds is 28. The molecule has 6 heteroatoms. The molecule has 0 aliphatic rings. The molecule has 0 saturated heterocycles. The summed E-state index contributed by atoms with van der Waals surface area (Å²) in [6.45, 7) is 4.00. The van der Waals surface area contributed by atoms with Crippen molar-refractivity contribution in [2.24, 2.45) is 0 Å². The summed E-state index contributed by atoms with van der Waals surface area (Å²) >= 11 is 0. The molecule has 6 nitrogen and oxygen atoms in total. The molecule has 0 bridgehead atoms. The van der Waals surface area contributed by atoms with Gasteiger partial charge in [0.25, 0.3) is 0 Å². The van der Waals surface area contributed by atoms with Crippen LogP contribution >= 0.6 is 0 Å². The molecule has 0 radical (unpaired) electrons. The van der Waals surface area contributed by atoms with Gasteiger partial charge in [-0.1, -0.05) is 120 Å². The molecular formula is C35H60O6. The van der Waals surface area contributed by atoms with Crippen LogP contribution in [0.1, 0.15) is 136 Å². The van der Waals surface area contributed by atoms with E-state index in [1.807, 2.05) is 6.08 Å². The predicted molar refractivity (Wildman–Crippen MR) is 170 cm³/mol. The number of carbonyl (C=O) groups is 2. The van der Waals surface area contributed by atoms with Gasteiger partial charge in [-0.2, -0.15) is 0 Å². The molecule has 0 amide bonds. The third-order valence-corrected chi connectivity index (χ3v) is 6.62. The molecule has 0 aliphatic heterocycles. The monoisotopic (exact) mass is 576 g/mol. The molecule has 0 aromatic carbocycles. The number of hydrogen-bond acceptors (Lipinski definition) is 6. The standard InChI is InChI=1S/C35H60O6/c1-3-5-6-7-8-14-18-21-24-28-34(38)40-30-33(37)31-41-35(39)29-25-22-19-16-13-11-9-10-12-15-17-20-23-27-32(36)26-4-2/h9,11-12,15-16,19-20,23,32-33,36-37H,3-8,10,13-14,17-18,21-22,24-31H2,1-2H3/b11-9-,15-12-,19-16-,23-20-/t32?,33-/m0/s1. The topological polar surface area (TPSA) is 93.1 Å². The first-order chi connectivity index (χ1) is 20.0. The van der Waals surface area contributed by atoms with Crippen LogP contribution in [0.25, 0.3) is 0 Å². The minimum absolute atomic E-state index is 0.142. The Bertz CT molecular complexity index is 724. The van der Waals surface area contributed by atoms with Crippen LogP contribution in [0.5, 0.6) is 0 Å². The molecule has 236 valence electrons. The zero-order valence-corrected chi connectivity index (χ0v) is 26.2. The Morgan fingerprint density at radius 1 is 0.561 bits per heavy atom. The molecule has 0 fully saturated rings. The maximum absolute atomic E-state index is 11.9. The minimum Gasteiger partial charge on any atom is -0.463 e. The van der Waals surface area contributed by atoms with Crippen molar-refractivity contribution in [3.05, 3.63) is 48.6 Å². The molecule has 1 unspecified atom stereocenters. The molecule has 0 rings (SSSR count). The lowest BCUT2D eigenvalue weighted by atomic mass is 10.1. The maximum Gasteiger partial charge on any atom is 0.305 e. The van der Waals surface area contributed by atoms with E-state index in [1.165, 1.54) is 38.5 Å². The van der Waals surface area contributed by atoms with E-state index in [-0.39, 0.29) is 31.3 Å². The molecule has 0 saturated carbocycles. The van der Waals surface area contributed by atoms with Crippen LogP contribution in [-0.2, 0) is 19.1 Å². The zero-order chi connectivity index (χ0) is 30.2. The van der Waals surface area contributed by atoms with Crippen LogP contribution in [0.15, 0.2) is 48.6 Å². The van der Waals surface area contributed by atoms with Crippen molar-refractivity contribution < 1.29 is 29.3 Å². The largest absolute Gasteiger partial charge is 0.463 e. The summed E-state index contributed by atoms with van der Waals surface area (Å²) in [5.74, 6) is -0.656. The quantitative estimate of drug-likeness (QED) is 0.0551. The predicted octanol–water partition coefficient (Wildman–Crippen LogP) is 8.47. The highest BCUT2D eigenvalue weighted by molar-refractivity contribution is 5.69. The first kappa shape index (κ1) is 38.8. The van der Waals surface area contributed by atoms with Gasteiger partial charge in [-0.3, -0.25) is 9.59 Å². The lowest BCUT2D eigenvalue weighted by molar-refractivity contribution is -0.152. The molecule has 41 heavy (non-hydrogen) atoms. The second kappa shape index (κ2) is 30.8. The summed E-state index contributed by atoms with van der Waals surface area (Å²) < 4.78 is 10.2. The number of carbonyl (C=O) groups excluding carboxylic acids is 2.